The highest BCUT2D eigenvalue weighted by atomic mass is 32.1. The lowest BCUT2D eigenvalue weighted by Crippen LogP contribution is -2.40. The maximum Gasteiger partial charge on any atom is 0.130 e. The summed E-state index contributed by atoms with van der Waals surface area (Å²) in [6.45, 7) is 27.3. The molecule has 0 aliphatic rings. The zero-order valence-electron chi connectivity index (χ0n) is 30.2. The molecule has 5 rings (SSSR count). The molecule has 0 saturated carbocycles. The molecule has 0 aliphatic carbocycles. The van der Waals surface area contributed by atoms with E-state index < -0.39 is 0 Å². The SMILES string of the molecule is CC(C)(c1ccccc1)c1cc(O)c(C(C)(C)C(C)(C)c2ccc(C(C)(C)C(C)(C)c3sc(C(C)(C)c4ccccc4)cc3O)s2)s1. The summed E-state index contributed by atoms with van der Waals surface area (Å²) in [6.07, 6.45) is 0. The van der Waals surface area contributed by atoms with Crippen LogP contribution in [-0.4, -0.2) is 10.2 Å². The summed E-state index contributed by atoms with van der Waals surface area (Å²) in [6, 6.07) is 29.7. The van der Waals surface area contributed by atoms with E-state index in [1.807, 2.05) is 35.6 Å². The van der Waals surface area contributed by atoms with Gasteiger partial charge in [0.1, 0.15) is 11.5 Å². The molecule has 5 aromatic rings. The second kappa shape index (κ2) is 11.9. The Balaban J connectivity index is 1.47. The largest absolute Gasteiger partial charge is 0.507 e. The standard InChI is InChI=1S/C42H52O2S3/c1-37(2,27-19-15-13-16-20-27)33-25-29(43)35(46-33)41(9,10)39(5,6)31-23-24-32(45-31)40(7,8)42(11,12)36-30(44)26-34(47-36)38(3,4)28-21-17-14-18-22-28/h13-26,43-44H,1-12H3. The van der Waals surface area contributed by atoms with E-state index in [0.717, 1.165) is 9.75 Å². The summed E-state index contributed by atoms with van der Waals surface area (Å²) >= 11 is 5.34. The minimum absolute atomic E-state index is 0.211. The molecule has 2 N–H and O–H groups in total. The van der Waals surface area contributed by atoms with Gasteiger partial charge in [0, 0.05) is 52.0 Å². The molecule has 0 spiro atoms. The van der Waals surface area contributed by atoms with Crippen molar-refractivity contribution in [1.29, 1.82) is 0 Å². The van der Waals surface area contributed by atoms with E-state index in [9.17, 15) is 10.2 Å². The fraction of sp³-hybridized carbons (Fsp3) is 0.429. The fourth-order valence-electron chi connectivity index (χ4n) is 6.46. The van der Waals surface area contributed by atoms with E-state index in [2.05, 4.69) is 144 Å². The van der Waals surface area contributed by atoms with E-state index in [-0.39, 0.29) is 32.5 Å². The molecule has 250 valence electrons. The normalized spacial score (nSPS) is 13.7. The van der Waals surface area contributed by atoms with Crippen LogP contribution < -0.4 is 0 Å². The van der Waals surface area contributed by atoms with E-state index in [1.54, 1.807) is 22.7 Å². The van der Waals surface area contributed by atoms with Gasteiger partial charge in [0.15, 0.2) is 0 Å². The van der Waals surface area contributed by atoms with Crippen molar-refractivity contribution < 1.29 is 10.2 Å². The molecule has 2 aromatic carbocycles. The predicted molar refractivity (Wildman–Crippen MR) is 206 cm³/mol. The zero-order chi connectivity index (χ0) is 34.8. The Hall–Kier alpha value is -2.86. The molecule has 0 amide bonds. The van der Waals surface area contributed by atoms with Crippen molar-refractivity contribution in [2.24, 2.45) is 0 Å². The van der Waals surface area contributed by atoms with Crippen molar-refractivity contribution in [2.75, 3.05) is 0 Å². The van der Waals surface area contributed by atoms with Crippen LogP contribution in [0.3, 0.4) is 0 Å². The lowest BCUT2D eigenvalue weighted by atomic mass is 9.65. The predicted octanol–water partition coefficient (Wildman–Crippen LogP) is 12.4. The Bertz CT molecular complexity index is 1710. The van der Waals surface area contributed by atoms with Crippen molar-refractivity contribution in [1.82, 2.24) is 0 Å². The molecule has 0 unspecified atom stereocenters. The maximum atomic E-state index is 11.4. The van der Waals surface area contributed by atoms with Gasteiger partial charge in [0.2, 0.25) is 0 Å². The van der Waals surface area contributed by atoms with Crippen molar-refractivity contribution in [3.8, 4) is 11.5 Å². The van der Waals surface area contributed by atoms with Crippen LogP contribution >= 0.6 is 34.0 Å². The average Bonchev–Trinajstić information content (AvgIpc) is 3.77. The quantitative estimate of drug-likeness (QED) is 0.154. The number of benzene rings is 2. The van der Waals surface area contributed by atoms with Gasteiger partial charge >= 0.3 is 0 Å². The minimum Gasteiger partial charge on any atom is -0.507 e. The van der Waals surface area contributed by atoms with Gasteiger partial charge in [-0.25, -0.2) is 0 Å². The molecule has 2 nitrogen and oxygen atoms in total. The summed E-state index contributed by atoms with van der Waals surface area (Å²) < 4.78 is 0. The molecule has 0 bridgehead atoms. The highest BCUT2D eigenvalue weighted by molar-refractivity contribution is 7.13. The monoisotopic (exact) mass is 684 g/mol. The van der Waals surface area contributed by atoms with Crippen LogP contribution in [0.1, 0.15) is 123 Å². The van der Waals surface area contributed by atoms with E-state index in [4.69, 9.17) is 0 Å². The molecule has 0 aliphatic heterocycles. The lowest BCUT2D eigenvalue weighted by molar-refractivity contribution is 0.302. The van der Waals surface area contributed by atoms with Gasteiger partial charge in [-0.3, -0.25) is 0 Å². The summed E-state index contributed by atoms with van der Waals surface area (Å²) in [5.74, 6) is 0.764. The highest BCUT2D eigenvalue weighted by Crippen LogP contribution is 2.56. The van der Waals surface area contributed by atoms with Gasteiger partial charge < -0.3 is 10.2 Å². The van der Waals surface area contributed by atoms with Crippen molar-refractivity contribution in [2.45, 2.75) is 116 Å². The summed E-state index contributed by atoms with van der Waals surface area (Å²) in [5.41, 5.74) is 0.871. The Labute approximate surface area is 295 Å². The third-order valence-electron chi connectivity index (χ3n) is 11.7. The lowest BCUT2D eigenvalue weighted by Gasteiger charge is -2.42. The number of rotatable bonds is 10. The van der Waals surface area contributed by atoms with Gasteiger partial charge in [-0.05, 0) is 35.4 Å². The Morgan fingerprint density at radius 3 is 1.02 bits per heavy atom. The highest BCUT2D eigenvalue weighted by Gasteiger charge is 2.47. The Morgan fingerprint density at radius 2 is 0.702 bits per heavy atom. The average molecular weight is 685 g/mol. The topological polar surface area (TPSA) is 40.5 Å². The van der Waals surface area contributed by atoms with Crippen LogP contribution in [0.15, 0.2) is 84.9 Å². The molecule has 3 aromatic heterocycles. The van der Waals surface area contributed by atoms with Crippen LogP contribution in [0.2, 0.25) is 0 Å². The fourth-order valence-corrected chi connectivity index (χ4v) is 10.9. The van der Waals surface area contributed by atoms with E-state index >= 15 is 0 Å². The van der Waals surface area contributed by atoms with Crippen LogP contribution in [-0.2, 0) is 32.5 Å². The second-order valence-electron chi connectivity index (χ2n) is 16.3. The van der Waals surface area contributed by atoms with Crippen LogP contribution in [0.25, 0.3) is 0 Å². The van der Waals surface area contributed by atoms with Gasteiger partial charge in [0.25, 0.3) is 0 Å². The first kappa shape index (κ1) is 35.4. The molecular formula is C42H52O2S3. The third-order valence-corrected chi connectivity index (χ3v) is 17.0. The molecule has 0 saturated heterocycles. The number of hydrogen-bond acceptors (Lipinski definition) is 5. The van der Waals surface area contributed by atoms with Crippen LogP contribution in [0.4, 0.5) is 0 Å². The number of hydrogen-bond donors (Lipinski definition) is 2. The van der Waals surface area contributed by atoms with Gasteiger partial charge in [0.05, 0.1) is 9.75 Å². The van der Waals surface area contributed by atoms with Crippen LogP contribution in [0.5, 0.6) is 11.5 Å². The van der Waals surface area contributed by atoms with Gasteiger partial charge in [-0.15, -0.1) is 34.0 Å². The molecule has 5 heteroatoms. The Morgan fingerprint density at radius 1 is 0.383 bits per heavy atom. The van der Waals surface area contributed by atoms with Gasteiger partial charge in [-0.1, -0.05) is 144 Å². The zero-order valence-corrected chi connectivity index (χ0v) is 32.7. The molecule has 3 heterocycles. The van der Waals surface area contributed by atoms with Gasteiger partial charge in [-0.2, -0.15) is 0 Å². The molecule has 0 fully saturated rings. The maximum absolute atomic E-state index is 11.4. The number of aromatic hydroxyl groups is 2. The summed E-state index contributed by atoms with van der Waals surface area (Å²) in [5, 5.41) is 22.8. The first-order valence-electron chi connectivity index (χ1n) is 16.6. The molecule has 47 heavy (non-hydrogen) atoms. The van der Waals surface area contributed by atoms with Crippen LogP contribution in [0, 0.1) is 0 Å². The van der Waals surface area contributed by atoms with E-state index in [0.29, 0.717) is 11.5 Å². The first-order valence-corrected chi connectivity index (χ1v) is 19.0. The van der Waals surface area contributed by atoms with Crippen molar-refractivity contribution >= 4 is 34.0 Å². The van der Waals surface area contributed by atoms with E-state index in [1.165, 1.54) is 30.6 Å². The summed E-state index contributed by atoms with van der Waals surface area (Å²) in [7, 11) is 0. The minimum atomic E-state index is -0.335. The molecule has 0 radical (unpaired) electrons. The Kier molecular flexibility index (Phi) is 9.00. The van der Waals surface area contributed by atoms with Crippen molar-refractivity contribution in [3.63, 3.8) is 0 Å². The second-order valence-corrected chi connectivity index (χ2v) is 19.5. The number of thiophene rings is 3. The smallest absolute Gasteiger partial charge is 0.130 e. The first-order chi connectivity index (χ1) is 21.7. The third kappa shape index (κ3) is 5.81. The molecule has 0 atom stereocenters. The molecular weight excluding hydrogens is 633 g/mol. The van der Waals surface area contributed by atoms with Crippen molar-refractivity contribution in [3.05, 3.63) is 125 Å². The summed E-state index contributed by atoms with van der Waals surface area (Å²) in [4.78, 5) is 6.96.